The molecule has 2 unspecified atom stereocenters. The first-order valence-corrected chi connectivity index (χ1v) is 6.48. The lowest BCUT2D eigenvalue weighted by Crippen LogP contribution is -2.20. The second-order valence-corrected chi connectivity index (χ2v) is 5.14. The Balaban J connectivity index is 2.13. The third-order valence-electron chi connectivity index (χ3n) is 3.60. The van der Waals surface area contributed by atoms with Gasteiger partial charge in [-0.25, -0.2) is 0 Å². The summed E-state index contributed by atoms with van der Waals surface area (Å²) in [5.74, 6) is 0.684. The van der Waals surface area contributed by atoms with Gasteiger partial charge in [0.2, 0.25) is 0 Å². The van der Waals surface area contributed by atoms with Crippen LogP contribution in [0.15, 0.2) is 18.2 Å². The summed E-state index contributed by atoms with van der Waals surface area (Å²) in [4.78, 5) is 11.6. The Labute approximate surface area is 108 Å². The SMILES string of the molecule is CNC(=O)c1ccc(N)c(NC2CCC(C)C2)c1. The molecular weight excluding hydrogens is 226 g/mol. The number of rotatable bonds is 3. The molecule has 4 N–H and O–H groups in total. The van der Waals surface area contributed by atoms with E-state index in [1.54, 1.807) is 19.2 Å². The van der Waals surface area contributed by atoms with Crippen LogP contribution in [0.1, 0.15) is 36.5 Å². The predicted molar refractivity (Wildman–Crippen MR) is 74.7 cm³/mol. The van der Waals surface area contributed by atoms with Crippen molar-refractivity contribution in [1.82, 2.24) is 5.32 Å². The van der Waals surface area contributed by atoms with E-state index in [9.17, 15) is 4.79 Å². The van der Waals surface area contributed by atoms with E-state index in [1.807, 2.05) is 6.07 Å². The van der Waals surface area contributed by atoms with Gasteiger partial charge < -0.3 is 16.4 Å². The maximum Gasteiger partial charge on any atom is 0.251 e. The Bertz CT molecular complexity index is 445. The lowest BCUT2D eigenvalue weighted by Gasteiger charge is -2.16. The summed E-state index contributed by atoms with van der Waals surface area (Å²) in [5, 5.41) is 6.08. The molecule has 0 spiro atoms. The molecule has 0 saturated heterocycles. The molecule has 0 bridgehead atoms. The summed E-state index contributed by atoms with van der Waals surface area (Å²) in [6, 6.07) is 5.83. The molecule has 0 radical (unpaired) electrons. The van der Waals surface area contributed by atoms with Crippen LogP contribution in [0, 0.1) is 5.92 Å². The third kappa shape index (κ3) is 2.75. The molecule has 0 aliphatic heterocycles. The van der Waals surface area contributed by atoms with Gasteiger partial charge in [0.1, 0.15) is 0 Å². The molecule has 98 valence electrons. The number of nitrogen functional groups attached to an aromatic ring is 1. The Morgan fingerprint density at radius 2 is 2.17 bits per heavy atom. The van der Waals surface area contributed by atoms with Crippen molar-refractivity contribution in [3.05, 3.63) is 23.8 Å². The second-order valence-electron chi connectivity index (χ2n) is 5.14. The highest BCUT2D eigenvalue weighted by Gasteiger charge is 2.21. The lowest BCUT2D eigenvalue weighted by atomic mass is 10.1. The van der Waals surface area contributed by atoms with Crippen molar-refractivity contribution in [3.8, 4) is 0 Å². The molecule has 1 aliphatic rings. The zero-order valence-electron chi connectivity index (χ0n) is 11.0. The van der Waals surface area contributed by atoms with E-state index in [2.05, 4.69) is 17.6 Å². The zero-order chi connectivity index (χ0) is 13.1. The minimum absolute atomic E-state index is 0.0853. The normalized spacial score (nSPS) is 22.8. The average Bonchev–Trinajstić information content (AvgIpc) is 2.76. The largest absolute Gasteiger partial charge is 0.397 e. The number of anilines is 2. The molecule has 18 heavy (non-hydrogen) atoms. The van der Waals surface area contributed by atoms with Crippen molar-refractivity contribution in [2.24, 2.45) is 5.92 Å². The van der Waals surface area contributed by atoms with Gasteiger partial charge in [-0.05, 0) is 43.4 Å². The van der Waals surface area contributed by atoms with Crippen LogP contribution in [0.5, 0.6) is 0 Å². The maximum absolute atomic E-state index is 11.6. The fourth-order valence-electron chi connectivity index (χ4n) is 2.52. The fourth-order valence-corrected chi connectivity index (χ4v) is 2.52. The van der Waals surface area contributed by atoms with Gasteiger partial charge in [-0.3, -0.25) is 4.79 Å². The van der Waals surface area contributed by atoms with Crippen LogP contribution in [-0.4, -0.2) is 19.0 Å². The summed E-state index contributed by atoms with van der Waals surface area (Å²) in [6.45, 7) is 2.27. The molecule has 4 nitrogen and oxygen atoms in total. The van der Waals surface area contributed by atoms with Crippen molar-refractivity contribution in [2.75, 3.05) is 18.1 Å². The van der Waals surface area contributed by atoms with Gasteiger partial charge >= 0.3 is 0 Å². The van der Waals surface area contributed by atoms with Crippen molar-refractivity contribution < 1.29 is 4.79 Å². The Kier molecular flexibility index (Phi) is 3.75. The highest BCUT2D eigenvalue weighted by molar-refractivity contribution is 5.96. The van der Waals surface area contributed by atoms with E-state index >= 15 is 0 Å². The van der Waals surface area contributed by atoms with Gasteiger partial charge in [-0.2, -0.15) is 0 Å². The smallest absolute Gasteiger partial charge is 0.251 e. The van der Waals surface area contributed by atoms with Gasteiger partial charge in [-0.15, -0.1) is 0 Å². The van der Waals surface area contributed by atoms with E-state index < -0.39 is 0 Å². The highest BCUT2D eigenvalue weighted by Crippen LogP contribution is 2.29. The molecule has 2 atom stereocenters. The molecule has 1 aromatic rings. The number of nitrogens with two attached hydrogens (primary N) is 1. The maximum atomic E-state index is 11.6. The molecule has 1 saturated carbocycles. The number of nitrogens with one attached hydrogen (secondary N) is 2. The number of amides is 1. The molecular formula is C14H21N3O. The van der Waals surface area contributed by atoms with Gasteiger partial charge in [0.15, 0.2) is 0 Å². The first-order valence-electron chi connectivity index (χ1n) is 6.48. The summed E-state index contributed by atoms with van der Waals surface area (Å²) in [7, 11) is 1.63. The van der Waals surface area contributed by atoms with Crippen molar-refractivity contribution >= 4 is 17.3 Å². The Morgan fingerprint density at radius 1 is 1.39 bits per heavy atom. The molecule has 1 fully saturated rings. The standard InChI is InChI=1S/C14H21N3O/c1-9-3-5-11(7-9)17-13-8-10(14(18)16-2)4-6-12(13)15/h4,6,8-9,11,17H,3,5,7,15H2,1-2H3,(H,16,18). The summed E-state index contributed by atoms with van der Waals surface area (Å²) in [6.07, 6.45) is 3.60. The summed E-state index contributed by atoms with van der Waals surface area (Å²) < 4.78 is 0. The van der Waals surface area contributed by atoms with E-state index in [4.69, 9.17) is 5.73 Å². The van der Waals surface area contributed by atoms with Crippen LogP contribution < -0.4 is 16.4 Å². The second kappa shape index (κ2) is 5.29. The molecule has 1 amide bonds. The quantitative estimate of drug-likeness (QED) is 0.717. The minimum atomic E-state index is -0.0853. The number of carbonyl (C=O) groups excluding carboxylic acids is 1. The zero-order valence-corrected chi connectivity index (χ0v) is 11.0. The fraction of sp³-hybridized carbons (Fsp3) is 0.500. The third-order valence-corrected chi connectivity index (χ3v) is 3.60. The Morgan fingerprint density at radius 3 is 2.78 bits per heavy atom. The number of hydrogen-bond donors (Lipinski definition) is 3. The van der Waals surface area contributed by atoms with Gasteiger partial charge in [0.05, 0.1) is 11.4 Å². The molecule has 4 heteroatoms. The number of benzene rings is 1. The Hall–Kier alpha value is -1.71. The van der Waals surface area contributed by atoms with Crippen LogP contribution in [-0.2, 0) is 0 Å². The molecule has 0 aromatic heterocycles. The van der Waals surface area contributed by atoms with Gasteiger partial charge in [0.25, 0.3) is 5.91 Å². The van der Waals surface area contributed by atoms with Crippen LogP contribution >= 0.6 is 0 Å². The van der Waals surface area contributed by atoms with E-state index in [0.717, 1.165) is 11.6 Å². The molecule has 0 heterocycles. The summed E-state index contributed by atoms with van der Waals surface area (Å²) >= 11 is 0. The highest BCUT2D eigenvalue weighted by atomic mass is 16.1. The minimum Gasteiger partial charge on any atom is -0.397 e. The van der Waals surface area contributed by atoms with E-state index in [0.29, 0.717) is 17.3 Å². The molecule has 1 aliphatic carbocycles. The van der Waals surface area contributed by atoms with Crippen LogP contribution in [0.2, 0.25) is 0 Å². The van der Waals surface area contributed by atoms with Gasteiger partial charge in [-0.1, -0.05) is 6.92 Å². The molecule has 2 rings (SSSR count). The van der Waals surface area contributed by atoms with E-state index in [-0.39, 0.29) is 5.91 Å². The molecule has 1 aromatic carbocycles. The van der Waals surface area contributed by atoms with Crippen LogP contribution in [0.25, 0.3) is 0 Å². The topological polar surface area (TPSA) is 67.2 Å². The van der Waals surface area contributed by atoms with E-state index in [1.165, 1.54) is 19.3 Å². The monoisotopic (exact) mass is 247 g/mol. The van der Waals surface area contributed by atoms with Crippen molar-refractivity contribution in [1.29, 1.82) is 0 Å². The van der Waals surface area contributed by atoms with Crippen LogP contribution in [0.4, 0.5) is 11.4 Å². The van der Waals surface area contributed by atoms with Crippen LogP contribution in [0.3, 0.4) is 0 Å². The first kappa shape index (κ1) is 12.7. The average molecular weight is 247 g/mol. The summed E-state index contributed by atoms with van der Waals surface area (Å²) in [5.41, 5.74) is 8.16. The number of carbonyl (C=O) groups is 1. The lowest BCUT2D eigenvalue weighted by molar-refractivity contribution is 0.0963. The number of hydrogen-bond acceptors (Lipinski definition) is 3. The van der Waals surface area contributed by atoms with Gasteiger partial charge in [0, 0.05) is 18.7 Å². The van der Waals surface area contributed by atoms with Crippen molar-refractivity contribution in [3.63, 3.8) is 0 Å². The predicted octanol–water partition coefficient (Wildman–Crippen LogP) is 2.23. The first-order chi connectivity index (χ1) is 8.60. The van der Waals surface area contributed by atoms with Crippen molar-refractivity contribution in [2.45, 2.75) is 32.2 Å².